The quantitative estimate of drug-likeness (QED) is 0.177. The molecule has 314 valence electrons. The van der Waals surface area contributed by atoms with Gasteiger partial charge in [0, 0.05) is 63.3 Å². The van der Waals surface area contributed by atoms with Crippen molar-refractivity contribution in [2.24, 2.45) is 0 Å². The summed E-state index contributed by atoms with van der Waals surface area (Å²) in [5.74, 6) is 0. The van der Waals surface area contributed by atoms with Crippen LogP contribution in [0, 0.1) is 22.7 Å². The van der Waals surface area contributed by atoms with Gasteiger partial charge >= 0.3 is 6.18 Å². The van der Waals surface area contributed by atoms with Crippen molar-refractivity contribution >= 4 is 128 Å². The van der Waals surface area contributed by atoms with Gasteiger partial charge in [0.1, 0.15) is 23.3 Å². The fraction of sp³-hybridized carbons (Fsp3) is 0.0175. The largest absolute Gasteiger partial charge is 0.416 e. The number of nitrogens with zero attached hydrogens (tertiary/aromatic N) is 5. The topological polar surface area (TPSA) is 62.4 Å². The van der Waals surface area contributed by atoms with Crippen molar-refractivity contribution in [2.45, 2.75) is 6.18 Å². The molecule has 0 saturated carbocycles. The van der Waals surface area contributed by atoms with Crippen molar-refractivity contribution in [2.75, 3.05) is 0 Å². The molecule has 14 aromatic rings. The summed E-state index contributed by atoms with van der Waals surface area (Å²) >= 11 is 3.37. The number of aromatic nitrogens is 3. The fourth-order valence-electron chi connectivity index (χ4n) is 10.8. The number of benzene rings is 9. The van der Waals surface area contributed by atoms with Gasteiger partial charge in [-0.3, -0.25) is 0 Å². The molecule has 5 nitrogen and oxygen atoms in total. The average Bonchev–Trinajstić information content (AvgIpc) is 4.16. The lowest BCUT2D eigenvalue weighted by atomic mass is 10.0. The number of nitriles is 2. The molecule has 5 aromatic heterocycles. The van der Waals surface area contributed by atoms with E-state index in [9.17, 15) is 23.7 Å². The van der Waals surface area contributed by atoms with E-state index in [0.29, 0.717) is 27.7 Å². The molecular weight excluding hydrogens is 876 g/mol. The third-order valence-electron chi connectivity index (χ3n) is 13.5. The molecular formula is C57H28F3N5S2. The summed E-state index contributed by atoms with van der Waals surface area (Å²) in [6, 6.07) is 59.7. The van der Waals surface area contributed by atoms with E-state index in [1.54, 1.807) is 27.2 Å². The fourth-order valence-corrected chi connectivity index (χ4v) is 13.3. The third kappa shape index (κ3) is 5.06. The molecule has 0 radical (unpaired) electrons. The highest BCUT2D eigenvalue weighted by Gasteiger charge is 2.33. The number of rotatable bonds is 3. The molecule has 0 bridgehead atoms. The SMILES string of the molecule is N#Cc1c(-n2c3ccccc3c3ccc4c5ccccc5sc4c32)cc(-n2c3ccccc3c3ccc4c5ccccc5sc4c32)c(C#N)c1-n1c2ccccc2c2ccc(C(F)(F)F)cc21. The minimum absolute atomic E-state index is 0.147. The number of para-hydroxylation sites is 3. The molecule has 0 spiro atoms. The molecule has 0 unspecified atom stereocenters. The second-order valence-electron chi connectivity index (χ2n) is 16.9. The zero-order valence-corrected chi connectivity index (χ0v) is 36.5. The van der Waals surface area contributed by atoms with Crippen molar-refractivity contribution in [1.29, 1.82) is 10.5 Å². The van der Waals surface area contributed by atoms with Gasteiger partial charge in [-0.05, 0) is 48.5 Å². The van der Waals surface area contributed by atoms with E-state index in [0.717, 1.165) is 96.1 Å². The van der Waals surface area contributed by atoms with Crippen LogP contribution in [0.5, 0.6) is 0 Å². The predicted molar refractivity (Wildman–Crippen MR) is 270 cm³/mol. The summed E-state index contributed by atoms with van der Waals surface area (Å²) in [6.45, 7) is 0. The molecule has 5 heterocycles. The van der Waals surface area contributed by atoms with Gasteiger partial charge in [-0.15, -0.1) is 22.7 Å². The Balaban J connectivity index is 1.25. The average molecular weight is 904 g/mol. The highest BCUT2D eigenvalue weighted by Crippen LogP contribution is 2.48. The lowest BCUT2D eigenvalue weighted by Crippen LogP contribution is -2.11. The summed E-state index contributed by atoms with van der Waals surface area (Å²) in [7, 11) is 0. The first-order valence-electron chi connectivity index (χ1n) is 21.6. The molecule has 14 rings (SSSR count). The second kappa shape index (κ2) is 13.6. The Hall–Kier alpha value is -8.41. The molecule has 0 aliphatic rings. The van der Waals surface area contributed by atoms with E-state index < -0.39 is 11.7 Å². The van der Waals surface area contributed by atoms with E-state index in [1.165, 1.54) is 6.07 Å². The normalized spacial score (nSPS) is 12.4. The summed E-state index contributed by atoms with van der Waals surface area (Å²) in [5.41, 5.74) is 4.93. The Bertz CT molecular complexity index is 4380. The highest BCUT2D eigenvalue weighted by atomic mass is 32.1. The monoisotopic (exact) mass is 903 g/mol. The van der Waals surface area contributed by atoms with Crippen LogP contribution in [0.1, 0.15) is 16.7 Å². The van der Waals surface area contributed by atoms with E-state index in [1.807, 2.05) is 91.0 Å². The molecule has 10 heteroatoms. The number of hydrogen-bond donors (Lipinski definition) is 0. The van der Waals surface area contributed by atoms with E-state index in [4.69, 9.17) is 0 Å². The van der Waals surface area contributed by atoms with Crippen LogP contribution in [0.2, 0.25) is 0 Å². The minimum Gasteiger partial charge on any atom is -0.306 e. The van der Waals surface area contributed by atoms with Crippen molar-refractivity contribution in [3.8, 4) is 29.2 Å². The standard InChI is InChI=1S/C57H28F3N5S2/c58-57(59,60)31-21-22-35-32-11-1-6-16-44(32)63(47(35)27-31)52-42(29-61)48(64-45-17-7-2-12-33(45)38-23-25-40-36-14-4-9-19-50(36)66-55(40)53(38)64)28-49(43(52)30-62)65-46-18-8-3-13-34(46)39-24-26-41-37-15-5-10-20-51(37)67-56(41)54(39)65/h1-28H. The Morgan fingerprint density at radius 3 is 1.25 bits per heavy atom. The van der Waals surface area contributed by atoms with E-state index in [-0.39, 0.29) is 22.3 Å². The maximum Gasteiger partial charge on any atom is 0.416 e. The van der Waals surface area contributed by atoms with Crippen molar-refractivity contribution in [3.05, 3.63) is 187 Å². The molecule has 0 aliphatic carbocycles. The maximum absolute atomic E-state index is 14.8. The van der Waals surface area contributed by atoms with Gasteiger partial charge in [0.15, 0.2) is 0 Å². The van der Waals surface area contributed by atoms with Gasteiger partial charge in [0.2, 0.25) is 0 Å². The first-order valence-corrected chi connectivity index (χ1v) is 23.2. The van der Waals surface area contributed by atoms with Crippen molar-refractivity contribution in [3.63, 3.8) is 0 Å². The summed E-state index contributed by atoms with van der Waals surface area (Å²) in [4.78, 5) is 0. The van der Waals surface area contributed by atoms with Crippen LogP contribution in [0.15, 0.2) is 170 Å². The van der Waals surface area contributed by atoms with Gasteiger partial charge in [0.05, 0.1) is 65.1 Å². The molecule has 0 N–H and O–H groups in total. The van der Waals surface area contributed by atoms with Crippen molar-refractivity contribution in [1.82, 2.24) is 13.7 Å². The van der Waals surface area contributed by atoms with Crippen LogP contribution in [0.25, 0.3) is 123 Å². The van der Waals surface area contributed by atoms with Crippen LogP contribution in [-0.2, 0) is 6.18 Å². The number of alkyl halides is 3. The summed E-state index contributed by atoms with van der Waals surface area (Å²) in [6.07, 6.45) is -4.66. The molecule has 0 aliphatic heterocycles. The molecule has 0 atom stereocenters. The molecule has 9 aromatic carbocycles. The van der Waals surface area contributed by atoms with Gasteiger partial charge in [0.25, 0.3) is 0 Å². The van der Waals surface area contributed by atoms with Crippen LogP contribution in [0.3, 0.4) is 0 Å². The molecule has 0 fully saturated rings. The van der Waals surface area contributed by atoms with Gasteiger partial charge < -0.3 is 13.7 Å². The van der Waals surface area contributed by atoms with E-state index in [2.05, 4.69) is 81.9 Å². The number of halogens is 3. The predicted octanol–water partition coefficient (Wildman–Crippen LogP) is 16.5. The molecule has 67 heavy (non-hydrogen) atoms. The van der Waals surface area contributed by atoms with Gasteiger partial charge in [-0.25, -0.2) is 0 Å². The summed E-state index contributed by atoms with van der Waals surface area (Å²) in [5, 5.41) is 33.2. The van der Waals surface area contributed by atoms with Crippen molar-refractivity contribution < 1.29 is 13.2 Å². The number of thiophene rings is 2. The Labute approximate surface area is 385 Å². The summed E-state index contributed by atoms with van der Waals surface area (Å²) < 4.78 is 54.6. The maximum atomic E-state index is 14.8. The van der Waals surface area contributed by atoms with Crippen LogP contribution >= 0.6 is 22.7 Å². The number of hydrogen-bond acceptors (Lipinski definition) is 4. The first-order chi connectivity index (χ1) is 32.8. The number of fused-ring (bicyclic) bond motifs is 17. The lowest BCUT2D eigenvalue weighted by molar-refractivity contribution is -0.137. The Kier molecular flexibility index (Phi) is 7.68. The molecule has 0 amide bonds. The van der Waals surface area contributed by atoms with Gasteiger partial charge in [-0.1, -0.05) is 121 Å². The minimum atomic E-state index is -4.66. The zero-order valence-electron chi connectivity index (χ0n) is 34.9. The Morgan fingerprint density at radius 1 is 0.388 bits per heavy atom. The zero-order chi connectivity index (χ0) is 44.9. The Morgan fingerprint density at radius 2 is 0.776 bits per heavy atom. The van der Waals surface area contributed by atoms with E-state index >= 15 is 0 Å². The third-order valence-corrected chi connectivity index (χ3v) is 15.9. The van der Waals surface area contributed by atoms with Gasteiger partial charge in [-0.2, -0.15) is 23.7 Å². The van der Waals surface area contributed by atoms with Crippen LogP contribution in [0.4, 0.5) is 13.2 Å². The lowest BCUT2D eigenvalue weighted by Gasteiger charge is -2.22. The smallest absolute Gasteiger partial charge is 0.306 e. The highest BCUT2D eigenvalue weighted by molar-refractivity contribution is 7.27. The first kappa shape index (κ1) is 37.9. The second-order valence-corrected chi connectivity index (χ2v) is 19.0. The van der Waals surface area contributed by atoms with Crippen LogP contribution in [-0.4, -0.2) is 13.7 Å². The molecule has 0 saturated heterocycles. The van der Waals surface area contributed by atoms with Crippen LogP contribution < -0.4 is 0 Å².